The lowest BCUT2D eigenvalue weighted by molar-refractivity contribution is -0.149. The molecule has 2 atom stereocenters. The van der Waals surface area contributed by atoms with Gasteiger partial charge in [0.25, 0.3) is 0 Å². The zero-order chi connectivity index (χ0) is 23.1. The maximum Gasteiger partial charge on any atom is 0.332 e. The Labute approximate surface area is 188 Å². The van der Waals surface area contributed by atoms with Crippen LogP contribution in [-0.4, -0.2) is 50.2 Å². The Kier molecular flexibility index (Phi) is 7.54. The van der Waals surface area contributed by atoms with Gasteiger partial charge in [0.2, 0.25) is 5.91 Å². The zero-order valence-electron chi connectivity index (χ0n) is 18.7. The Bertz CT molecular complexity index is 1020. The molecule has 1 fully saturated rings. The number of carbonyl (C=O) groups excluding carboxylic acids is 2. The van der Waals surface area contributed by atoms with E-state index in [0.29, 0.717) is 23.7 Å². The number of amides is 1. The molecule has 1 amide bonds. The monoisotopic (exact) mass is 436 g/mol. The fourth-order valence-corrected chi connectivity index (χ4v) is 3.59. The van der Waals surface area contributed by atoms with Gasteiger partial charge in [-0.2, -0.15) is 0 Å². The lowest BCUT2D eigenvalue weighted by Gasteiger charge is -2.46. The number of esters is 1. The van der Waals surface area contributed by atoms with Crippen LogP contribution in [0.15, 0.2) is 66.4 Å². The van der Waals surface area contributed by atoms with E-state index in [9.17, 15) is 9.59 Å². The molecule has 0 aromatic heterocycles. The number of hydrogen-bond donors (Lipinski definition) is 1. The number of nitrogens with one attached hydrogen (secondary N) is 1. The van der Waals surface area contributed by atoms with Crippen molar-refractivity contribution >= 4 is 18.0 Å². The highest BCUT2D eigenvalue weighted by molar-refractivity contribution is 5.91. The Hall–Kier alpha value is -3.74. The molecule has 7 heteroatoms. The minimum Gasteiger partial charge on any atom is -0.493 e. The van der Waals surface area contributed by atoms with Gasteiger partial charge in [-0.3, -0.25) is 4.79 Å². The van der Waals surface area contributed by atoms with E-state index in [1.165, 1.54) is 13.2 Å². The molecule has 0 bridgehead atoms. The number of allylic oxidation sites excluding steroid dienone is 1. The lowest BCUT2D eigenvalue weighted by atomic mass is 9.92. The van der Waals surface area contributed by atoms with Crippen molar-refractivity contribution in [2.24, 2.45) is 0 Å². The first-order valence-corrected chi connectivity index (χ1v) is 10.2. The largest absolute Gasteiger partial charge is 0.493 e. The third-order valence-corrected chi connectivity index (χ3v) is 5.26. The number of likely N-dealkylation sites (tertiary alicyclic amines) is 1. The molecule has 0 aliphatic carbocycles. The average Bonchev–Trinajstić information content (AvgIpc) is 2.82. The van der Waals surface area contributed by atoms with Crippen molar-refractivity contribution in [3.63, 3.8) is 0 Å². The van der Waals surface area contributed by atoms with Crippen molar-refractivity contribution in [1.82, 2.24) is 10.2 Å². The van der Waals surface area contributed by atoms with Crippen LogP contribution in [0.1, 0.15) is 18.1 Å². The van der Waals surface area contributed by atoms with Crippen LogP contribution in [0.2, 0.25) is 0 Å². The summed E-state index contributed by atoms with van der Waals surface area (Å²) < 4.78 is 15.3. The fourth-order valence-electron chi connectivity index (χ4n) is 3.59. The van der Waals surface area contributed by atoms with E-state index in [4.69, 9.17) is 9.47 Å². The lowest BCUT2D eigenvalue weighted by Crippen LogP contribution is -2.68. The first-order valence-electron chi connectivity index (χ1n) is 10.2. The number of benzene rings is 2. The molecular formula is C25H28N2O5. The van der Waals surface area contributed by atoms with Gasteiger partial charge in [-0.15, -0.1) is 0 Å². The Morgan fingerprint density at radius 2 is 1.78 bits per heavy atom. The highest BCUT2D eigenvalue weighted by atomic mass is 16.5. The zero-order valence-corrected chi connectivity index (χ0v) is 18.7. The third kappa shape index (κ3) is 5.29. The summed E-state index contributed by atoms with van der Waals surface area (Å²) in [5.74, 6) is 0.719. The summed E-state index contributed by atoms with van der Waals surface area (Å²) in [6.07, 6.45) is 5.33. The average molecular weight is 437 g/mol. The molecular weight excluding hydrogens is 408 g/mol. The molecule has 0 saturated carbocycles. The Morgan fingerprint density at radius 1 is 1.06 bits per heavy atom. The maximum absolute atomic E-state index is 13.0. The second kappa shape index (κ2) is 10.5. The van der Waals surface area contributed by atoms with Gasteiger partial charge in [-0.1, -0.05) is 48.6 Å². The smallest absolute Gasteiger partial charge is 0.332 e. The van der Waals surface area contributed by atoms with Gasteiger partial charge >= 0.3 is 5.97 Å². The number of ether oxygens (including phenoxy) is 3. The highest BCUT2D eigenvalue weighted by Crippen LogP contribution is 2.31. The maximum atomic E-state index is 13.0. The van der Waals surface area contributed by atoms with Crippen molar-refractivity contribution in [3.8, 4) is 11.5 Å². The van der Waals surface area contributed by atoms with Gasteiger partial charge < -0.3 is 24.4 Å². The first-order chi connectivity index (χ1) is 15.5. The molecule has 1 saturated heterocycles. The Morgan fingerprint density at radius 3 is 2.44 bits per heavy atom. The van der Waals surface area contributed by atoms with E-state index in [2.05, 4.69) is 10.1 Å². The molecule has 0 radical (unpaired) electrons. The van der Waals surface area contributed by atoms with Gasteiger partial charge in [0.1, 0.15) is 6.04 Å². The van der Waals surface area contributed by atoms with E-state index < -0.39 is 12.0 Å². The molecule has 168 valence electrons. The van der Waals surface area contributed by atoms with Crippen LogP contribution in [-0.2, 0) is 20.9 Å². The second-order valence-electron chi connectivity index (χ2n) is 7.39. The van der Waals surface area contributed by atoms with E-state index >= 15 is 0 Å². The summed E-state index contributed by atoms with van der Waals surface area (Å²) in [7, 11) is 4.48. The van der Waals surface area contributed by atoms with E-state index in [-0.39, 0.29) is 11.9 Å². The van der Waals surface area contributed by atoms with Gasteiger partial charge in [-0.25, -0.2) is 4.79 Å². The molecule has 1 aliphatic rings. The minimum atomic E-state index is -0.476. The summed E-state index contributed by atoms with van der Waals surface area (Å²) in [5, 5.41) is 3.15. The predicted octanol–water partition coefficient (Wildman–Crippen LogP) is 3.16. The van der Waals surface area contributed by atoms with Crippen molar-refractivity contribution in [2.75, 3.05) is 21.3 Å². The number of nitrogens with zero attached hydrogens (tertiary/aromatic N) is 1. The summed E-state index contributed by atoms with van der Waals surface area (Å²) in [6.45, 7) is 2.15. The highest BCUT2D eigenvalue weighted by Gasteiger charge is 2.45. The van der Waals surface area contributed by atoms with Gasteiger partial charge in [0.05, 0.1) is 27.4 Å². The second-order valence-corrected chi connectivity index (χ2v) is 7.39. The van der Waals surface area contributed by atoms with E-state index in [1.54, 1.807) is 26.0 Å². The molecule has 1 heterocycles. The number of hydrogen-bond acceptors (Lipinski definition) is 6. The van der Waals surface area contributed by atoms with E-state index in [1.807, 2.05) is 60.7 Å². The molecule has 1 N–H and O–H groups in total. The molecule has 0 spiro atoms. The molecule has 3 rings (SSSR count). The number of β-lactam (4-membered cyclic amide) rings is 1. The van der Waals surface area contributed by atoms with E-state index in [0.717, 1.165) is 11.1 Å². The van der Waals surface area contributed by atoms with Crippen LogP contribution < -0.4 is 14.8 Å². The molecule has 32 heavy (non-hydrogen) atoms. The molecule has 1 aliphatic heterocycles. The van der Waals surface area contributed by atoms with Crippen LogP contribution in [0.3, 0.4) is 0 Å². The first kappa shape index (κ1) is 22.9. The van der Waals surface area contributed by atoms with Crippen molar-refractivity contribution in [1.29, 1.82) is 0 Å². The number of methoxy groups -OCH3 is 3. The van der Waals surface area contributed by atoms with Gasteiger partial charge in [-0.05, 0) is 30.2 Å². The molecule has 7 nitrogen and oxygen atoms in total. The van der Waals surface area contributed by atoms with Crippen LogP contribution >= 0.6 is 0 Å². The summed E-state index contributed by atoms with van der Waals surface area (Å²) in [6, 6.07) is 14.8. The van der Waals surface area contributed by atoms with Crippen LogP contribution in [0.25, 0.3) is 6.08 Å². The fraction of sp³-hybridized carbons (Fsp3) is 0.280. The standard InChI is InChI=1S/C25H28N2O5/c1-17(14-23(28)32-4)26-24-20(12-10-18-8-6-5-7-9-18)27(25(24)29)16-19-11-13-21(30-2)22(15-19)31-3/h5-15,20,24,26H,16H2,1-4H3. The normalized spacial score (nSPS) is 18.3. The summed E-state index contributed by atoms with van der Waals surface area (Å²) in [4.78, 5) is 26.3. The topological polar surface area (TPSA) is 77.1 Å². The number of rotatable bonds is 9. The van der Waals surface area contributed by atoms with Crippen LogP contribution in [0.5, 0.6) is 11.5 Å². The van der Waals surface area contributed by atoms with Crippen LogP contribution in [0.4, 0.5) is 0 Å². The quantitative estimate of drug-likeness (QED) is 0.370. The molecule has 2 unspecified atom stereocenters. The number of carbonyl (C=O) groups is 2. The van der Waals surface area contributed by atoms with Crippen molar-refractivity contribution in [3.05, 3.63) is 77.5 Å². The van der Waals surface area contributed by atoms with Crippen molar-refractivity contribution < 1.29 is 23.8 Å². The van der Waals surface area contributed by atoms with Gasteiger partial charge in [0.15, 0.2) is 11.5 Å². The summed E-state index contributed by atoms with van der Waals surface area (Å²) >= 11 is 0. The molecule has 2 aromatic rings. The Balaban J connectivity index is 1.82. The molecule has 2 aromatic carbocycles. The van der Waals surface area contributed by atoms with Crippen LogP contribution in [0, 0.1) is 0 Å². The summed E-state index contributed by atoms with van der Waals surface area (Å²) in [5.41, 5.74) is 2.53. The third-order valence-electron chi connectivity index (χ3n) is 5.26. The van der Waals surface area contributed by atoms with Gasteiger partial charge in [0, 0.05) is 18.3 Å². The van der Waals surface area contributed by atoms with Crippen molar-refractivity contribution in [2.45, 2.75) is 25.6 Å². The predicted molar refractivity (Wildman–Crippen MR) is 122 cm³/mol. The minimum absolute atomic E-state index is 0.0555. The SMILES string of the molecule is COC(=O)C=C(C)NC1C(=O)N(Cc2ccc(OC)c(OC)c2)C1C=Cc1ccccc1.